The topological polar surface area (TPSA) is 58.6 Å². The zero-order valence-corrected chi connectivity index (χ0v) is 14.2. The van der Waals surface area contributed by atoms with E-state index in [9.17, 15) is 9.59 Å². The van der Waals surface area contributed by atoms with Crippen LogP contribution in [0.25, 0.3) is 0 Å². The highest BCUT2D eigenvalue weighted by molar-refractivity contribution is 7.16. The predicted molar refractivity (Wildman–Crippen MR) is 88.8 cm³/mol. The van der Waals surface area contributed by atoms with Gasteiger partial charge in [0, 0.05) is 4.88 Å². The fraction of sp³-hybridized carbons (Fsp3) is 0.250. The molecule has 2 aromatic rings. The van der Waals surface area contributed by atoms with Gasteiger partial charge >= 0.3 is 6.03 Å². The van der Waals surface area contributed by atoms with Gasteiger partial charge in [0.15, 0.2) is 0 Å². The first-order valence-corrected chi connectivity index (χ1v) is 8.16. The van der Waals surface area contributed by atoms with Crippen LogP contribution in [0.15, 0.2) is 36.4 Å². The van der Waals surface area contributed by atoms with Crippen molar-refractivity contribution in [2.45, 2.75) is 19.0 Å². The van der Waals surface area contributed by atoms with Crippen LogP contribution in [0.3, 0.4) is 0 Å². The number of carbonyl (C=O) groups excluding carboxylic acids is 2. The van der Waals surface area contributed by atoms with E-state index in [1.165, 1.54) is 16.2 Å². The fourth-order valence-electron chi connectivity index (χ4n) is 2.55. The van der Waals surface area contributed by atoms with Crippen LogP contribution in [0.2, 0.25) is 4.34 Å². The Morgan fingerprint density at radius 2 is 1.91 bits per heavy atom. The molecular formula is C16H15ClN2O3S. The number of carbonyl (C=O) groups is 2. The summed E-state index contributed by atoms with van der Waals surface area (Å²) in [5.41, 5.74) is -0.368. The SMILES string of the molecule is COc1ccc(C2(C)NC(=O)N(Cc3ccc(Cl)s3)C2=O)cc1. The lowest BCUT2D eigenvalue weighted by Gasteiger charge is -2.22. The number of thiophene rings is 1. The number of rotatable bonds is 4. The summed E-state index contributed by atoms with van der Waals surface area (Å²) in [6.45, 7) is 1.92. The van der Waals surface area contributed by atoms with E-state index in [1.807, 2.05) is 6.07 Å². The second-order valence-corrected chi connectivity index (χ2v) is 7.18. The number of nitrogens with one attached hydrogen (secondary N) is 1. The van der Waals surface area contributed by atoms with Gasteiger partial charge in [0.05, 0.1) is 18.0 Å². The summed E-state index contributed by atoms with van der Waals surface area (Å²) >= 11 is 7.26. The number of imide groups is 1. The van der Waals surface area contributed by atoms with E-state index in [0.29, 0.717) is 15.6 Å². The predicted octanol–water partition coefficient (Wildman–Crippen LogP) is 3.38. The first-order chi connectivity index (χ1) is 10.9. The highest BCUT2D eigenvalue weighted by atomic mass is 35.5. The standard InChI is InChI=1S/C16H15ClN2O3S/c1-16(10-3-5-11(22-2)6-4-10)14(20)19(15(21)18-16)9-12-7-8-13(17)23-12/h3-8H,9H2,1-2H3,(H,18,21). The number of amides is 3. The number of hydrogen-bond acceptors (Lipinski definition) is 4. The molecule has 1 fully saturated rings. The molecule has 3 amide bonds. The van der Waals surface area contributed by atoms with Crippen molar-refractivity contribution in [1.82, 2.24) is 10.2 Å². The van der Waals surface area contributed by atoms with E-state index in [1.54, 1.807) is 44.4 Å². The van der Waals surface area contributed by atoms with Crippen LogP contribution in [-0.2, 0) is 16.9 Å². The van der Waals surface area contributed by atoms with Crippen LogP contribution >= 0.6 is 22.9 Å². The molecular weight excluding hydrogens is 336 g/mol. The van der Waals surface area contributed by atoms with Crippen LogP contribution in [0.5, 0.6) is 5.75 Å². The molecule has 0 saturated carbocycles. The van der Waals surface area contributed by atoms with Gasteiger partial charge < -0.3 is 10.1 Å². The molecule has 23 heavy (non-hydrogen) atoms. The summed E-state index contributed by atoms with van der Waals surface area (Å²) in [4.78, 5) is 27.1. The number of halogens is 1. The van der Waals surface area contributed by atoms with Crippen LogP contribution in [0.1, 0.15) is 17.4 Å². The zero-order chi connectivity index (χ0) is 16.6. The van der Waals surface area contributed by atoms with Crippen molar-refractivity contribution in [2.75, 3.05) is 7.11 Å². The summed E-state index contributed by atoms with van der Waals surface area (Å²) < 4.78 is 5.75. The first kappa shape index (κ1) is 15.8. The molecule has 1 unspecified atom stereocenters. The Balaban J connectivity index is 1.86. The lowest BCUT2D eigenvalue weighted by Crippen LogP contribution is -2.40. The highest BCUT2D eigenvalue weighted by Gasteiger charge is 2.48. The maximum absolute atomic E-state index is 12.8. The van der Waals surface area contributed by atoms with Crippen molar-refractivity contribution in [2.24, 2.45) is 0 Å². The maximum Gasteiger partial charge on any atom is 0.325 e. The minimum absolute atomic E-state index is 0.216. The molecule has 1 saturated heterocycles. The van der Waals surface area contributed by atoms with Gasteiger partial charge in [-0.15, -0.1) is 11.3 Å². The van der Waals surface area contributed by atoms with Crippen molar-refractivity contribution < 1.29 is 14.3 Å². The third-order valence-corrected chi connectivity index (χ3v) is 5.10. The van der Waals surface area contributed by atoms with Crippen LogP contribution < -0.4 is 10.1 Å². The lowest BCUT2D eigenvalue weighted by atomic mass is 9.92. The second-order valence-electron chi connectivity index (χ2n) is 5.38. The Kier molecular flexibility index (Phi) is 4.04. The summed E-state index contributed by atoms with van der Waals surface area (Å²) in [7, 11) is 1.58. The maximum atomic E-state index is 12.8. The van der Waals surface area contributed by atoms with Crippen molar-refractivity contribution in [3.63, 3.8) is 0 Å². The molecule has 0 spiro atoms. The van der Waals surface area contributed by atoms with Gasteiger partial charge in [0.25, 0.3) is 5.91 Å². The smallest absolute Gasteiger partial charge is 0.325 e. The van der Waals surface area contributed by atoms with Gasteiger partial charge in [-0.2, -0.15) is 0 Å². The monoisotopic (exact) mass is 350 g/mol. The summed E-state index contributed by atoms with van der Waals surface area (Å²) in [5, 5.41) is 2.78. The number of methoxy groups -OCH3 is 1. The number of nitrogens with zero attached hydrogens (tertiary/aromatic N) is 1. The van der Waals surface area contributed by atoms with E-state index in [-0.39, 0.29) is 12.5 Å². The molecule has 1 aromatic heterocycles. The normalized spacial score (nSPS) is 20.7. The van der Waals surface area contributed by atoms with Crippen molar-refractivity contribution in [3.8, 4) is 5.75 Å². The van der Waals surface area contributed by atoms with Gasteiger partial charge in [-0.25, -0.2) is 4.79 Å². The van der Waals surface area contributed by atoms with Crippen molar-refractivity contribution in [3.05, 3.63) is 51.2 Å². The Morgan fingerprint density at radius 1 is 1.22 bits per heavy atom. The summed E-state index contributed by atoms with van der Waals surface area (Å²) in [5.74, 6) is 0.413. The fourth-order valence-corrected chi connectivity index (χ4v) is 3.63. The molecule has 0 aliphatic carbocycles. The average Bonchev–Trinajstić information content (AvgIpc) is 3.05. The van der Waals surface area contributed by atoms with Crippen molar-refractivity contribution >= 4 is 34.9 Å². The molecule has 0 radical (unpaired) electrons. The molecule has 7 heteroatoms. The average molecular weight is 351 g/mol. The summed E-state index contributed by atoms with van der Waals surface area (Å²) in [6, 6.07) is 10.3. The van der Waals surface area contributed by atoms with Gasteiger partial charge in [0.2, 0.25) is 0 Å². The molecule has 1 aromatic carbocycles. The number of ether oxygens (including phenoxy) is 1. The molecule has 120 valence electrons. The van der Waals surface area contributed by atoms with Crippen LogP contribution in [-0.4, -0.2) is 23.9 Å². The molecule has 2 heterocycles. The molecule has 1 atom stereocenters. The molecule has 1 N–H and O–H groups in total. The van der Waals surface area contributed by atoms with Crippen LogP contribution in [0, 0.1) is 0 Å². The molecule has 0 bridgehead atoms. The van der Waals surface area contributed by atoms with Crippen molar-refractivity contribution in [1.29, 1.82) is 0 Å². The Labute approximate surface area is 142 Å². The third kappa shape index (κ3) is 2.80. The molecule has 1 aliphatic rings. The molecule has 5 nitrogen and oxygen atoms in total. The zero-order valence-electron chi connectivity index (χ0n) is 12.6. The van der Waals surface area contributed by atoms with E-state index < -0.39 is 11.6 Å². The van der Waals surface area contributed by atoms with E-state index in [0.717, 1.165) is 4.88 Å². The quantitative estimate of drug-likeness (QED) is 0.860. The minimum atomic E-state index is -1.08. The Bertz CT molecular complexity index is 759. The van der Waals surface area contributed by atoms with Gasteiger partial charge in [-0.3, -0.25) is 9.69 Å². The largest absolute Gasteiger partial charge is 0.497 e. The number of benzene rings is 1. The molecule has 1 aliphatic heterocycles. The summed E-state index contributed by atoms with van der Waals surface area (Å²) in [6.07, 6.45) is 0. The van der Waals surface area contributed by atoms with E-state index in [2.05, 4.69) is 5.32 Å². The Morgan fingerprint density at radius 3 is 2.48 bits per heavy atom. The Hall–Kier alpha value is -2.05. The second kappa shape index (κ2) is 5.86. The van der Waals surface area contributed by atoms with Gasteiger partial charge in [0.1, 0.15) is 11.3 Å². The lowest BCUT2D eigenvalue weighted by molar-refractivity contribution is -0.131. The minimum Gasteiger partial charge on any atom is -0.497 e. The van der Waals surface area contributed by atoms with E-state index in [4.69, 9.17) is 16.3 Å². The van der Waals surface area contributed by atoms with Gasteiger partial charge in [-0.1, -0.05) is 23.7 Å². The van der Waals surface area contributed by atoms with E-state index >= 15 is 0 Å². The van der Waals surface area contributed by atoms with Gasteiger partial charge in [-0.05, 0) is 36.8 Å². The van der Waals surface area contributed by atoms with Crippen LogP contribution in [0.4, 0.5) is 4.79 Å². The first-order valence-electron chi connectivity index (χ1n) is 6.97. The highest BCUT2D eigenvalue weighted by Crippen LogP contribution is 2.32. The number of hydrogen-bond donors (Lipinski definition) is 1. The number of urea groups is 1. The molecule has 3 rings (SSSR count). The third-order valence-electron chi connectivity index (χ3n) is 3.89.